The predicted octanol–water partition coefficient (Wildman–Crippen LogP) is 2.64. The number of halogens is 1. The Bertz CT molecular complexity index is 533. The summed E-state index contributed by atoms with van der Waals surface area (Å²) in [6.07, 6.45) is 4.50. The summed E-state index contributed by atoms with van der Waals surface area (Å²) in [4.78, 5) is 0.204. The Kier molecular flexibility index (Phi) is 3.35. The average Bonchev–Trinajstić information content (AvgIpc) is 3.23. The van der Waals surface area contributed by atoms with Crippen LogP contribution in [0.15, 0.2) is 29.2 Å². The quantitative estimate of drug-likeness (QED) is 0.805. The molecule has 3 rings (SSSR count). The Morgan fingerprint density at radius 2 is 1.47 bits per heavy atom. The summed E-state index contributed by atoms with van der Waals surface area (Å²) < 4.78 is 39.7. The van der Waals surface area contributed by atoms with E-state index in [4.69, 9.17) is 0 Å². The number of nitrogens with zero attached hydrogens (tertiary/aromatic N) is 1. The van der Waals surface area contributed by atoms with Crippen LogP contribution in [-0.4, -0.2) is 25.8 Å². The zero-order chi connectivity index (χ0) is 13.5. The molecule has 0 aliphatic heterocycles. The van der Waals surface area contributed by atoms with Crippen LogP contribution in [-0.2, 0) is 10.0 Å². The van der Waals surface area contributed by atoms with Gasteiger partial charge in [-0.25, -0.2) is 12.8 Å². The van der Waals surface area contributed by atoms with Crippen LogP contribution in [0.5, 0.6) is 0 Å². The van der Waals surface area contributed by atoms with E-state index in [0.717, 1.165) is 25.7 Å². The van der Waals surface area contributed by atoms with Crippen LogP contribution < -0.4 is 0 Å². The molecule has 0 unspecified atom stereocenters. The van der Waals surface area contributed by atoms with Gasteiger partial charge in [-0.15, -0.1) is 0 Å². The maximum absolute atomic E-state index is 12.9. The van der Waals surface area contributed by atoms with E-state index in [-0.39, 0.29) is 4.90 Å². The van der Waals surface area contributed by atoms with Crippen LogP contribution in [0.3, 0.4) is 0 Å². The fourth-order valence-electron chi connectivity index (χ4n) is 2.20. The molecule has 0 atom stereocenters. The SMILES string of the molecule is O=S(=O)(c1ccc(F)cc1)N(CC1CC1)CC1CC1. The minimum Gasteiger partial charge on any atom is -0.207 e. The Hall–Kier alpha value is -0.940. The molecule has 2 aliphatic rings. The highest BCUT2D eigenvalue weighted by Crippen LogP contribution is 2.35. The molecule has 19 heavy (non-hydrogen) atoms. The molecule has 104 valence electrons. The van der Waals surface area contributed by atoms with Gasteiger partial charge in [0.1, 0.15) is 5.82 Å². The lowest BCUT2D eigenvalue weighted by atomic mass is 10.3. The maximum Gasteiger partial charge on any atom is 0.243 e. The van der Waals surface area contributed by atoms with Gasteiger partial charge >= 0.3 is 0 Å². The second-order valence-corrected chi connectivity index (χ2v) is 7.60. The minimum absolute atomic E-state index is 0.204. The maximum atomic E-state index is 12.9. The van der Waals surface area contributed by atoms with Gasteiger partial charge in [0.05, 0.1) is 4.90 Å². The molecule has 0 bridgehead atoms. The average molecular weight is 283 g/mol. The number of rotatable bonds is 6. The summed E-state index contributed by atoms with van der Waals surface area (Å²) in [5, 5.41) is 0. The largest absolute Gasteiger partial charge is 0.243 e. The molecule has 2 aliphatic carbocycles. The lowest BCUT2D eigenvalue weighted by Crippen LogP contribution is -2.34. The third-order valence-electron chi connectivity index (χ3n) is 3.77. The molecular formula is C14H18FNO2S. The third kappa shape index (κ3) is 3.15. The van der Waals surface area contributed by atoms with E-state index in [0.29, 0.717) is 24.9 Å². The van der Waals surface area contributed by atoms with Crippen molar-refractivity contribution in [2.75, 3.05) is 13.1 Å². The van der Waals surface area contributed by atoms with Gasteiger partial charge in [0.2, 0.25) is 10.0 Å². The van der Waals surface area contributed by atoms with Crippen LogP contribution in [0.1, 0.15) is 25.7 Å². The summed E-state index contributed by atoms with van der Waals surface area (Å²) in [7, 11) is -3.46. The van der Waals surface area contributed by atoms with Gasteiger partial charge in [-0.3, -0.25) is 0 Å². The monoisotopic (exact) mass is 283 g/mol. The first-order chi connectivity index (χ1) is 9.05. The second kappa shape index (κ2) is 4.87. The van der Waals surface area contributed by atoms with Crippen molar-refractivity contribution in [3.63, 3.8) is 0 Å². The zero-order valence-corrected chi connectivity index (χ0v) is 11.6. The molecule has 0 N–H and O–H groups in total. The van der Waals surface area contributed by atoms with Crippen LogP contribution in [0.4, 0.5) is 4.39 Å². The molecule has 0 aromatic heterocycles. The standard InChI is InChI=1S/C14H18FNO2S/c15-13-5-7-14(8-6-13)19(17,18)16(9-11-1-2-11)10-12-3-4-12/h5-8,11-12H,1-4,9-10H2. The van der Waals surface area contributed by atoms with Gasteiger partial charge < -0.3 is 0 Å². The van der Waals surface area contributed by atoms with Crippen LogP contribution in [0.2, 0.25) is 0 Å². The number of sulfonamides is 1. The number of hydrogen-bond acceptors (Lipinski definition) is 2. The van der Waals surface area contributed by atoms with Gasteiger partial charge in [0.15, 0.2) is 0 Å². The molecule has 3 nitrogen and oxygen atoms in total. The summed E-state index contributed by atoms with van der Waals surface area (Å²) in [6.45, 7) is 1.24. The van der Waals surface area contributed by atoms with E-state index < -0.39 is 15.8 Å². The predicted molar refractivity (Wildman–Crippen MR) is 70.6 cm³/mol. The van der Waals surface area contributed by atoms with Crippen molar-refractivity contribution < 1.29 is 12.8 Å². The van der Waals surface area contributed by atoms with Crippen LogP contribution >= 0.6 is 0 Å². The first-order valence-corrected chi connectivity index (χ1v) is 8.25. The van der Waals surface area contributed by atoms with E-state index in [1.807, 2.05) is 0 Å². The molecule has 5 heteroatoms. The van der Waals surface area contributed by atoms with Crippen LogP contribution in [0.25, 0.3) is 0 Å². The first-order valence-electron chi connectivity index (χ1n) is 6.81. The highest BCUT2D eigenvalue weighted by Gasteiger charge is 2.35. The van der Waals surface area contributed by atoms with Gasteiger partial charge in [0.25, 0.3) is 0 Å². The van der Waals surface area contributed by atoms with Gasteiger partial charge in [-0.05, 0) is 61.8 Å². The molecule has 0 amide bonds. The third-order valence-corrected chi connectivity index (χ3v) is 5.61. The number of hydrogen-bond donors (Lipinski definition) is 0. The van der Waals surface area contributed by atoms with Crippen LogP contribution in [0, 0.1) is 17.7 Å². The molecule has 0 heterocycles. The van der Waals surface area contributed by atoms with E-state index >= 15 is 0 Å². The smallest absolute Gasteiger partial charge is 0.207 e. The Morgan fingerprint density at radius 3 is 1.89 bits per heavy atom. The number of benzene rings is 1. The van der Waals surface area contributed by atoms with E-state index in [1.54, 1.807) is 4.31 Å². The molecule has 0 radical (unpaired) electrons. The summed E-state index contributed by atoms with van der Waals surface area (Å²) in [5.41, 5.74) is 0. The molecule has 0 saturated heterocycles. The molecular weight excluding hydrogens is 265 g/mol. The first kappa shape index (κ1) is 13.1. The zero-order valence-electron chi connectivity index (χ0n) is 10.8. The minimum atomic E-state index is -3.46. The molecule has 1 aromatic carbocycles. The summed E-state index contributed by atoms with van der Waals surface area (Å²) in [5.74, 6) is 0.637. The fourth-order valence-corrected chi connectivity index (χ4v) is 3.80. The van der Waals surface area contributed by atoms with Crippen molar-refractivity contribution in [1.29, 1.82) is 0 Å². The van der Waals surface area contributed by atoms with E-state index in [9.17, 15) is 12.8 Å². The highest BCUT2D eigenvalue weighted by molar-refractivity contribution is 7.89. The normalized spacial score (nSPS) is 19.9. The second-order valence-electron chi connectivity index (χ2n) is 5.66. The lowest BCUT2D eigenvalue weighted by molar-refractivity contribution is 0.382. The molecule has 0 spiro atoms. The Balaban J connectivity index is 1.82. The van der Waals surface area contributed by atoms with Gasteiger partial charge in [-0.1, -0.05) is 0 Å². The van der Waals surface area contributed by atoms with Crippen molar-refractivity contribution in [3.05, 3.63) is 30.1 Å². The van der Waals surface area contributed by atoms with Gasteiger partial charge in [0, 0.05) is 13.1 Å². The summed E-state index contributed by atoms with van der Waals surface area (Å²) >= 11 is 0. The van der Waals surface area contributed by atoms with Crippen molar-refractivity contribution in [3.8, 4) is 0 Å². The van der Waals surface area contributed by atoms with Gasteiger partial charge in [-0.2, -0.15) is 4.31 Å². The van der Waals surface area contributed by atoms with E-state index in [2.05, 4.69) is 0 Å². The highest BCUT2D eigenvalue weighted by atomic mass is 32.2. The van der Waals surface area contributed by atoms with Crippen molar-refractivity contribution in [2.45, 2.75) is 30.6 Å². The fraction of sp³-hybridized carbons (Fsp3) is 0.571. The molecule has 2 fully saturated rings. The van der Waals surface area contributed by atoms with Crippen molar-refractivity contribution >= 4 is 10.0 Å². The van der Waals surface area contributed by atoms with Crippen molar-refractivity contribution in [1.82, 2.24) is 4.31 Å². The van der Waals surface area contributed by atoms with E-state index in [1.165, 1.54) is 24.3 Å². The summed E-state index contributed by atoms with van der Waals surface area (Å²) in [6, 6.07) is 5.13. The topological polar surface area (TPSA) is 37.4 Å². The lowest BCUT2D eigenvalue weighted by Gasteiger charge is -2.22. The Labute approximate surface area is 113 Å². The molecule has 1 aromatic rings. The molecule has 2 saturated carbocycles. The Morgan fingerprint density at radius 1 is 1.00 bits per heavy atom. The van der Waals surface area contributed by atoms with Crippen molar-refractivity contribution in [2.24, 2.45) is 11.8 Å².